The molecule has 178 valence electrons. The number of rotatable bonds is 11. The molecule has 0 aliphatic heterocycles. The summed E-state index contributed by atoms with van der Waals surface area (Å²) in [5.41, 5.74) is 3.43. The molecule has 0 aliphatic carbocycles. The van der Waals surface area contributed by atoms with Crippen molar-refractivity contribution in [3.05, 3.63) is 87.4 Å². The number of carbonyl (C=O) groups is 1. The minimum absolute atomic E-state index is 0.0136. The van der Waals surface area contributed by atoms with Gasteiger partial charge in [-0.15, -0.1) is 0 Å². The van der Waals surface area contributed by atoms with Gasteiger partial charge in [-0.2, -0.15) is 5.26 Å². The zero-order valence-electron chi connectivity index (χ0n) is 19.4. The molecular formula is C26H29Cl2N5O. The summed E-state index contributed by atoms with van der Waals surface area (Å²) < 4.78 is 1.96. The normalized spacial score (nSPS) is 11.9. The van der Waals surface area contributed by atoms with Crippen molar-refractivity contribution in [2.24, 2.45) is 5.92 Å². The Morgan fingerprint density at radius 1 is 1.18 bits per heavy atom. The van der Waals surface area contributed by atoms with Gasteiger partial charge in [0, 0.05) is 37.6 Å². The number of hydrogen-bond acceptors (Lipinski definition) is 4. The number of nitriles is 1. The van der Waals surface area contributed by atoms with E-state index in [9.17, 15) is 4.79 Å². The summed E-state index contributed by atoms with van der Waals surface area (Å²) in [4.78, 5) is 17.1. The zero-order valence-corrected chi connectivity index (χ0v) is 20.9. The van der Waals surface area contributed by atoms with Crippen molar-refractivity contribution in [2.75, 3.05) is 6.54 Å². The highest BCUT2D eigenvalue weighted by Gasteiger charge is 2.16. The molecule has 0 aliphatic rings. The number of amides is 1. The van der Waals surface area contributed by atoms with Crippen molar-refractivity contribution < 1.29 is 4.79 Å². The fourth-order valence-corrected chi connectivity index (χ4v) is 4.18. The molecule has 0 spiro atoms. The van der Waals surface area contributed by atoms with Gasteiger partial charge in [0.1, 0.15) is 0 Å². The second kappa shape index (κ2) is 12.6. The molecule has 6 nitrogen and oxygen atoms in total. The molecule has 3 rings (SSSR count). The predicted molar refractivity (Wildman–Crippen MR) is 136 cm³/mol. The molecule has 0 bridgehead atoms. The van der Waals surface area contributed by atoms with Gasteiger partial charge in [0.2, 0.25) is 5.91 Å². The van der Waals surface area contributed by atoms with Gasteiger partial charge < -0.3 is 15.2 Å². The van der Waals surface area contributed by atoms with Gasteiger partial charge in [-0.1, -0.05) is 61.3 Å². The lowest BCUT2D eigenvalue weighted by Gasteiger charge is -2.22. The van der Waals surface area contributed by atoms with Crippen molar-refractivity contribution in [3.8, 4) is 6.07 Å². The maximum absolute atomic E-state index is 12.9. The van der Waals surface area contributed by atoms with Crippen LogP contribution in [0.5, 0.6) is 0 Å². The average Bonchev–Trinajstić information content (AvgIpc) is 3.22. The van der Waals surface area contributed by atoms with Gasteiger partial charge >= 0.3 is 0 Å². The number of halogens is 2. The number of imidazole rings is 1. The minimum Gasteiger partial charge on any atom is -0.352 e. The summed E-state index contributed by atoms with van der Waals surface area (Å²) >= 11 is 12.4. The standard InChI is InChI=1S/C26H29Cl2N5O/c1-18(2)10-22(14-30-13-21-4-3-5-24(27)26(21)28)32-25(34)11-23-15-31-17-33(23)16-20-8-6-19(12-29)7-9-20/h3-9,15,17-18,22,30H,10-11,13-14,16H2,1-2H3,(H,32,34)/t22-/m0/s1. The van der Waals surface area contributed by atoms with Gasteiger partial charge in [-0.25, -0.2) is 4.98 Å². The molecule has 1 aromatic heterocycles. The van der Waals surface area contributed by atoms with Crippen molar-refractivity contribution in [3.63, 3.8) is 0 Å². The molecular weight excluding hydrogens is 469 g/mol. The number of nitrogens with zero attached hydrogens (tertiary/aromatic N) is 3. The van der Waals surface area contributed by atoms with Gasteiger partial charge in [-0.05, 0) is 41.7 Å². The Morgan fingerprint density at radius 3 is 2.65 bits per heavy atom. The first-order valence-corrected chi connectivity index (χ1v) is 12.0. The van der Waals surface area contributed by atoms with E-state index >= 15 is 0 Å². The quantitative estimate of drug-likeness (QED) is 0.391. The molecule has 1 heterocycles. The van der Waals surface area contributed by atoms with Crippen molar-refractivity contribution in [1.82, 2.24) is 20.2 Å². The molecule has 1 atom stereocenters. The molecule has 0 fully saturated rings. The van der Waals surface area contributed by atoms with E-state index in [1.807, 2.05) is 28.8 Å². The third-order valence-electron chi connectivity index (χ3n) is 5.43. The molecule has 0 radical (unpaired) electrons. The van der Waals surface area contributed by atoms with Crippen molar-refractivity contribution in [1.29, 1.82) is 5.26 Å². The number of nitrogens with one attached hydrogen (secondary N) is 2. The molecule has 3 aromatic rings. The lowest BCUT2D eigenvalue weighted by atomic mass is 10.0. The number of aromatic nitrogens is 2. The lowest BCUT2D eigenvalue weighted by Crippen LogP contribution is -2.43. The first kappa shape index (κ1) is 25.8. The van der Waals surface area contributed by atoms with Crippen LogP contribution in [0.1, 0.15) is 42.7 Å². The van der Waals surface area contributed by atoms with E-state index < -0.39 is 0 Å². The summed E-state index contributed by atoms with van der Waals surface area (Å²) in [6.45, 7) is 6.06. The summed E-state index contributed by atoms with van der Waals surface area (Å²) in [6.07, 6.45) is 4.54. The predicted octanol–water partition coefficient (Wildman–Crippen LogP) is 4.97. The van der Waals surface area contributed by atoms with Crippen LogP contribution in [0.25, 0.3) is 0 Å². The monoisotopic (exact) mass is 497 g/mol. The van der Waals surface area contributed by atoms with E-state index in [2.05, 4.69) is 35.5 Å². The Balaban J connectivity index is 1.57. The Morgan fingerprint density at radius 2 is 1.94 bits per heavy atom. The molecule has 1 amide bonds. The molecule has 34 heavy (non-hydrogen) atoms. The first-order valence-electron chi connectivity index (χ1n) is 11.3. The Kier molecular flexibility index (Phi) is 9.52. The fraction of sp³-hybridized carbons (Fsp3) is 0.346. The van der Waals surface area contributed by atoms with Crippen LogP contribution >= 0.6 is 23.2 Å². The van der Waals surface area contributed by atoms with E-state index in [4.69, 9.17) is 28.5 Å². The van der Waals surface area contributed by atoms with Crippen LogP contribution in [-0.4, -0.2) is 28.0 Å². The van der Waals surface area contributed by atoms with Crippen LogP contribution in [0.15, 0.2) is 55.0 Å². The highest BCUT2D eigenvalue weighted by Crippen LogP contribution is 2.25. The Labute approximate surface area is 210 Å². The first-order chi connectivity index (χ1) is 16.4. The molecule has 2 N–H and O–H groups in total. The highest BCUT2D eigenvalue weighted by molar-refractivity contribution is 6.42. The van der Waals surface area contributed by atoms with Crippen LogP contribution in [0.4, 0.5) is 0 Å². The summed E-state index contributed by atoms with van der Waals surface area (Å²) in [7, 11) is 0. The summed E-state index contributed by atoms with van der Waals surface area (Å²) in [5.74, 6) is 0.388. The van der Waals surface area contributed by atoms with Gasteiger partial charge in [0.05, 0.1) is 34.4 Å². The smallest absolute Gasteiger partial charge is 0.226 e. The van der Waals surface area contributed by atoms with Crippen molar-refractivity contribution >= 4 is 29.1 Å². The Bertz CT molecular complexity index is 1130. The third kappa shape index (κ3) is 7.59. The van der Waals surface area contributed by atoms with E-state index in [0.29, 0.717) is 41.2 Å². The van der Waals surface area contributed by atoms with Gasteiger partial charge in [-0.3, -0.25) is 4.79 Å². The summed E-state index contributed by atoms with van der Waals surface area (Å²) in [5, 5.41) is 16.6. The molecule has 8 heteroatoms. The van der Waals surface area contributed by atoms with Crippen molar-refractivity contribution in [2.45, 2.75) is 45.8 Å². The topological polar surface area (TPSA) is 82.7 Å². The van der Waals surface area contributed by atoms with Crippen LogP contribution in [-0.2, 0) is 24.3 Å². The fourth-order valence-electron chi connectivity index (χ4n) is 3.79. The number of benzene rings is 2. The average molecular weight is 498 g/mol. The number of hydrogen-bond donors (Lipinski definition) is 2. The van der Waals surface area contributed by atoms with Crippen LogP contribution < -0.4 is 10.6 Å². The van der Waals surface area contributed by atoms with Crippen LogP contribution in [0.3, 0.4) is 0 Å². The lowest BCUT2D eigenvalue weighted by molar-refractivity contribution is -0.121. The van der Waals surface area contributed by atoms with E-state index in [-0.39, 0.29) is 18.4 Å². The SMILES string of the molecule is CC(C)C[C@@H](CNCc1cccc(Cl)c1Cl)NC(=O)Cc1cncn1Cc1ccc(C#N)cc1. The van der Waals surface area contributed by atoms with E-state index in [0.717, 1.165) is 23.2 Å². The molecule has 0 saturated heterocycles. The second-order valence-electron chi connectivity index (χ2n) is 8.74. The van der Waals surface area contributed by atoms with Gasteiger partial charge in [0.25, 0.3) is 0 Å². The zero-order chi connectivity index (χ0) is 24.5. The maximum Gasteiger partial charge on any atom is 0.226 e. The van der Waals surface area contributed by atoms with Gasteiger partial charge in [0.15, 0.2) is 0 Å². The number of carbonyl (C=O) groups excluding carboxylic acids is 1. The maximum atomic E-state index is 12.9. The molecule has 0 unspecified atom stereocenters. The second-order valence-corrected chi connectivity index (χ2v) is 9.52. The van der Waals surface area contributed by atoms with Crippen LogP contribution in [0, 0.1) is 17.2 Å². The highest BCUT2D eigenvalue weighted by atomic mass is 35.5. The van der Waals surface area contributed by atoms with E-state index in [1.165, 1.54) is 0 Å². The largest absolute Gasteiger partial charge is 0.352 e. The third-order valence-corrected chi connectivity index (χ3v) is 6.29. The summed E-state index contributed by atoms with van der Waals surface area (Å²) in [6, 6.07) is 15.1. The molecule has 0 saturated carbocycles. The minimum atomic E-state index is -0.0465. The molecule has 2 aromatic carbocycles. The van der Waals surface area contributed by atoms with E-state index in [1.54, 1.807) is 30.7 Å². The Hall–Kier alpha value is -2.85. The van der Waals surface area contributed by atoms with Crippen LogP contribution in [0.2, 0.25) is 10.0 Å².